The van der Waals surface area contributed by atoms with Crippen LogP contribution in [0.5, 0.6) is 0 Å². The summed E-state index contributed by atoms with van der Waals surface area (Å²) in [5.41, 5.74) is 0. The zero-order chi connectivity index (χ0) is 61.0. The van der Waals surface area contributed by atoms with Gasteiger partial charge in [-0.2, -0.15) is 0 Å². The first-order valence-electron chi connectivity index (χ1n) is 32.2. The molecule has 0 heterocycles. The molecule has 0 aliphatic rings. The lowest BCUT2D eigenvalue weighted by atomic mass is 10.0. The van der Waals surface area contributed by atoms with Crippen molar-refractivity contribution >= 4 is 33.6 Å². The van der Waals surface area contributed by atoms with Gasteiger partial charge in [-0.15, -0.1) is 0 Å². The number of aliphatic hydroxyl groups is 2. The molecule has 0 aromatic heterocycles. The van der Waals surface area contributed by atoms with Gasteiger partial charge in [0.15, 0.2) is 6.10 Å². The number of hydrogen-bond acceptors (Lipinski definition) is 14. The van der Waals surface area contributed by atoms with Crippen molar-refractivity contribution in [3.8, 4) is 0 Å². The molecule has 0 amide bonds. The van der Waals surface area contributed by atoms with Crippen LogP contribution in [0.15, 0.2) is 72.9 Å². The number of phosphoric acid groups is 2. The third-order valence-electron chi connectivity index (χ3n) is 13.4. The fraction of sp³-hybridized carbons (Fsp3) is 0.769. The molecule has 5 unspecified atom stereocenters. The number of carbonyl (C=O) groups excluding carboxylic acids is 3. The van der Waals surface area contributed by atoms with Crippen molar-refractivity contribution < 1.29 is 75.8 Å². The van der Waals surface area contributed by atoms with Gasteiger partial charge in [-0.05, 0) is 89.9 Å². The number of esters is 3. The Balaban J connectivity index is 4.71. The second-order valence-corrected chi connectivity index (χ2v) is 24.4. The molecular formula is C65H116O16P2. The first-order chi connectivity index (χ1) is 40.2. The minimum absolute atomic E-state index is 0.105. The van der Waals surface area contributed by atoms with Gasteiger partial charge < -0.3 is 34.2 Å². The number of aliphatic hydroxyl groups excluding tert-OH is 2. The van der Waals surface area contributed by atoms with Crippen LogP contribution in [0.2, 0.25) is 0 Å². The summed E-state index contributed by atoms with van der Waals surface area (Å²) in [6.45, 7) is 2.49. The Hall–Kier alpha value is -3.01. The average molecular weight is 1220 g/mol. The third kappa shape index (κ3) is 60.5. The highest BCUT2D eigenvalue weighted by atomic mass is 31.2. The Kier molecular flexibility index (Phi) is 57.2. The maximum absolute atomic E-state index is 12.9. The van der Waals surface area contributed by atoms with Crippen LogP contribution in [-0.2, 0) is 55.8 Å². The topological polar surface area (TPSA) is 231 Å². The van der Waals surface area contributed by atoms with E-state index in [2.05, 4.69) is 93.7 Å². The molecule has 0 radical (unpaired) electrons. The molecule has 83 heavy (non-hydrogen) atoms. The maximum atomic E-state index is 12.9. The Labute approximate surface area is 503 Å². The molecule has 0 spiro atoms. The molecule has 0 saturated carbocycles. The molecule has 0 rings (SSSR count). The Morgan fingerprint density at radius 1 is 0.349 bits per heavy atom. The minimum atomic E-state index is -4.92. The molecule has 18 heteroatoms. The van der Waals surface area contributed by atoms with Gasteiger partial charge in [-0.3, -0.25) is 32.5 Å². The van der Waals surface area contributed by atoms with E-state index < -0.39 is 91.5 Å². The Morgan fingerprint density at radius 2 is 0.639 bits per heavy atom. The summed E-state index contributed by atoms with van der Waals surface area (Å²) >= 11 is 0. The molecule has 0 saturated heterocycles. The number of carbonyl (C=O) groups is 3. The number of hydrogen-bond donors (Lipinski definition) is 4. The highest BCUT2D eigenvalue weighted by Gasteiger charge is 2.29. The largest absolute Gasteiger partial charge is 0.472 e. The van der Waals surface area contributed by atoms with E-state index in [0.717, 1.165) is 122 Å². The van der Waals surface area contributed by atoms with Gasteiger partial charge >= 0.3 is 33.6 Å². The number of rotatable bonds is 61. The van der Waals surface area contributed by atoms with Gasteiger partial charge in [-0.1, -0.05) is 229 Å². The van der Waals surface area contributed by atoms with Crippen molar-refractivity contribution in [3.63, 3.8) is 0 Å². The van der Waals surface area contributed by atoms with Gasteiger partial charge in [0.2, 0.25) is 0 Å². The predicted octanol–water partition coefficient (Wildman–Crippen LogP) is 17.2. The minimum Gasteiger partial charge on any atom is -0.463 e. The van der Waals surface area contributed by atoms with E-state index in [0.29, 0.717) is 19.3 Å². The lowest BCUT2D eigenvalue weighted by Crippen LogP contribution is -2.30. The summed E-state index contributed by atoms with van der Waals surface area (Å²) in [6, 6.07) is 0. The first kappa shape index (κ1) is 80.0. The van der Waals surface area contributed by atoms with Crippen LogP contribution in [0, 0.1) is 0 Å². The molecule has 0 aromatic carbocycles. The second kappa shape index (κ2) is 59.3. The third-order valence-corrected chi connectivity index (χ3v) is 15.3. The van der Waals surface area contributed by atoms with Crippen molar-refractivity contribution in [1.29, 1.82) is 0 Å². The van der Waals surface area contributed by atoms with Crippen molar-refractivity contribution in [3.05, 3.63) is 72.9 Å². The SMILES string of the molecule is CC/C=C\C/C=C\C/C=C\C/C=C\CCCCCCC(=O)OCC(O)COP(=O)(O)OCC(O)COP(=O)(O)OCC(COC(=O)CCCCCCC/C=C\C/C=C\CCCCC)OC(=O)CCCCCCCCCCCCCCCCC. The van der Waals surface area contributed by atoms with Gasteiger partial charge in [0, 0.05) is 19.3 Å². The highest BCUT2D eigenvalue weighted by molar-refractivity contribution is 7.47. The van der Waals surface area contributed by atoms with Crippen LogP contribution in [0.25, 0.3) is 0 Å². The zero-order valence-electron chi connectivity index (χ0n) is 51.9. The van der Waals surface area contributed by atoms with E-state index >= 15 is 0 Å². The van der Waals surface area contributed by atoms with Gasteiger partial charge in [0.25, 0.3) is 0 Å². The van der Waals surface area contributed by atoms with Crippen LogP contribution in [0.3, 0.4) is 0 Å². The van der Waals surface area contributed by atoms with E-state index in [4.69, 9.17) is 32.3 Å². The van der Waals surface area contributed by atoms with Crippen molar-refractivity contribution in [1.82, 2.24) is 0 Å². The first-order valence-corrected chi connectivity index (χ1v) is 35.2. The number of allylic oxidation sites excluding steroid dienone is 12. The molecule has 4 N–H and O–H groups in total. The van der Waals surface area contributed by atoms with Crippen molar-refractivity contribution in [2.24, 2.45) is 0 Å². The molecule has 0 aliphatic carbocycles. The fourth-order valence-electron chi connectivity index (χ4n) is 8.47. The number of ether oxygens (including phenoxy) is 3. The van der Waals surface area contributed by atoms with Gasteiger partial charge in [-0.25, -0.2) is 9.13 Å². The second-order valence-electron chi connectivity index (χ2n) is 21.5. The molecule has 5 atom stereocenters. The summed E-state index contributed by atoms with van der Waals surface area (Å²) in [5.74, 6) is -1.60. The van der Waals surface area contributed by atoms with Gasteiger partial charge in [0.1, 0.15) is 25.4 Å². The van der Waals surface area contributed by atoms with Crippen LogP contribution in [0.1, 0.15) is 265 Å². The van der Waals surface area contributed by atoms with Crippen molar-refractivity contribution in [2.75, 3.05) is 39.6 Å². The Bertz CT molecular complexity index is 1820. The maximum Gasteiger partial charge on any atom is 0.472 e. The summed E-state index contributed by atoms with van der Waals surface area (Å²) in [5, 5.41) is 20.5. The van der Waals surface area contributed by atoms with Crippen LogP contribution in [-0.4, -0.2) is 95.9 Å². The van der Waals surface area contributed by atoms with Crippen LogP contribution in [0.4, 0.5) is 0 Å². The van der Waals surface area contributed by atoms with Crippen LogP contribution >= 0.6 is 15.6 Å². The lowest BCUT2D eigenvalue weighted by molar-refractivity contribution is -0.161. The molecule has 482 valence electrons. The highest BCUT2D eigenvalue weighted by Crippen LogP contribution is 2.45. The predicted molar refractivity (Wildman–Crippen MR) is 335 cm³/mol. The van der Waals surface area contributed by atoms with Gasteiger partial charge in [0.05, 0.1) is 26.4 Å². The number of unbranched alkanes of at least 4 members (excludes halogenated alkanes) is 26. The zero-order valence-corrected chi connectivity index (χ0v) is 53.6. The van der Waals surface area contributed by atoms with Crippen molar-refractivity contribution in [2.45, 2.75) is 283 Å². The smallest absolute Gasteiger partial charge is 0.463 e. The molecule has 0 fully saturated rings. The summed E-state index contributed by atoms with van der Waals surface area (Å²) in [6.07, 6.45) is 59.5. The standard InChI is InChI=1S/C65H116O16P2/c1-4-7-10-13-16-19-22-25-28-29-32-34-36-39-42-45-48-51-63(68)75-54-60(66)55-77-82(71,72)78-56-61(67)57-79-83(73,74)80-59-62(81-65(70)53-50-47-44-41-38-35-31-27-24-21-18-15-12-9-6-3)58-76-64(69)52-49-46-43-40-37-33-30-26-23-20-17-14-11-8-5-2/h7,10,16-17,19-20,25-26,28,30,32,34,60-62,66-67H,4-6,8-9,11-15,18,21-24,27,29,31,33,35-59H2,1-3H3,(H,71,72)(H,73,74)/b10-7-,19-16-,20-17-,28-25-,30-26-,34-32-. The summed E-state index contributed by atoms with van der Waals surface area (Å²) in [4.78, 5) is 58.2. The van der Waals surface area contributed by atoms with E-state index in [1.807, 2.05) is 0 Å². The monoisotopic (exact) mass is 1210 g/mol. The average Bonchev–Trinajstić information content (AvgIpc) is 3.47. The normalized spacial score (nSPS) is 14.8. The molecule has 0 aliphatic heterocycles. The van der Waals surface area contributed by atoms with E-state index in [1.54, 1.807) is 0 Å². The van der Waals surface area contributed by atoms with E-state index in [9.17, 15) is 43.5 Å². The summed E-state index contributed by atoms with van der Waals surface area (Å²) < 4.78 is 60.7. The van der Waals surface area contributed by atoms with E-state index in [1.165, 1.54) is 83.5 Å². The summed E-state index contributed by atoms with van der Waals surface area (Å²) in [7, 11) is -9.77. The molecule has 16 nitrogen and oxygen atoms in total. The quantitative estimate of drug-likeness (QED) is 0.0146. The molecule has 0 aromatic rings. The fourth-order valence-corrected chi connectivity index (χ4v) is 10.1. The lowest BCUT2D eigenvalue weighted by Gasteiger charge is -2.21. The molecular weight excluding hydrogens is 1100 g/mol. The molecule has 0 bridgehead atoms. The van der Waals surface area contributed by atoms with Crippen LogP contribution < -0.4 is 0 Å². The van der Waals surface area contributed by atoms with E-state index in [-0.39, 0.29) is 19.3 Å². The Morgan fingerprint density at radius 3 is 1.04 bits per heavy atom. The number of phosphoric ester groups is 2.